The van der Waals surface area contributed by atoms with E-state index in [-0.39, 0.29) is 11.3 Å². The van der Waals surface area contributed by atoms with E-state index in [0.29, 0.717) is 19.5 Å². The van der Waals surface area contributed by atoms with Crippen molar-refractivity contribution in [2.24, 2.45) is 11.1 Å². The third-order valence-corrected chi connectivity index (χ3v) is 4.12. The Bertz CT molecular complexity index is 403. The summed E-state index contributed by atoms with van der Waals surface area (Å²) in [6.45, 7) is 5.48. The molecule has 0 bridgehead atoms. The summed E-state index contributed by atoms with van der Waals surface area (Å²) in [6.07, 6.45) is 2.34. The van der Waals surface area contributed by atoms with Gasteiger partial charge in [0, 0.05) is 6.54 Å². The van der Waals surface area contributed by atoms with Gasteiger partial charge in [-0.15, -0.1) is 0 Å². The molecule has 4 nitrogen and oxygen atoms in total. The molecule has 3 N–H and O–H groups in total. The lowest BCUT2D eigenvalue weighted by atomic mass is 9.82. The Kier molecular flexibility index (Phi) is 6.52. The van der Waals surface area contributed by atoms with Gasteiger partial charge in [0.05, 0.1) is 13.5 Å². The summed E-state index contributed by atoms with van der Waals surface area (Å²) in [5.74, 6) is 0.836. The van der Waals surface area contributed by atoms with Crippen molar-refractivity contribution in [1.82, 2.24) is 5.32 Å². The van der Waals surface area contributed by atoms with E-state index in [9.17, 15) is 4.79 Å². The second kappa shape index (κ2) is 7.90. The first-order valence-corrected chi connectivity index (χ1v) is 7.19. The Morgan fingerprint density at radius 1 is 1.25 bits per heavy atom. The molecular weight excluding hydrogens is 252 g/mol. The van der Waals surface area contributed by atoms with Crippen molar-refractivity contribution in [3.05, 3.63) is 29.8 Å². The van der Waals surface area contributed by atoms with E-state index in [4.69, 9.17) is 10.5 Å². The molecule has 1 aromatic rings. The second-order valence-corrected chi connectivity index (χ2v) is 5.21. The fourth-order valence-corrected chi connectivity index (χ4v) is 2.14. The molecule has 0 aromatic heterocycles. The van der Waals surface area contributed by atoms with Crippen LogP contribution in [0.25, 0.3) is 0 Å². The van der Waals surface area contributed by atoms with Crippen molar-refractivity contribution in [1.29, 1.82) is 0 Å². The van der Waals surface area contributed by atoms with Gasteiger partial charge in [-0.3, -0.25) is 4.79 Å². The molecule has 0 radical (unpaired) electrons. The van der Waals surface area contributed by atoms with E-state index >= 15 is 0 Å². The summed E-state index contributed by atoms with van der Waals surface area (Å²) >= 11 is 0. The third-order valence-electron chi connectivity index (χ3n) is 4.12. The predicted octanol–water partition coefficient (Wildman–Crippen LogP) is 2.12. The Morgan fingerprint density at radius 3 is 2.30 bits per heavy atom. The number of carbonyl (C=O) groups excluding carboxylic acids is 1. The molecule has 1 rings (SSSR count). The molecule has 0 heterocycles. The Hall–Kier alpha value is -1.55. The highest BCUT2D eigenvalue weighted by Gasteiger charge is 2.24. The maximum absolute atomic E-state index is 12.0. The molecule has 0 atom stereocenters. The fourth-order valence-electron chi connectivity index (χ4n) is 2.14. The highest BCUT2D eigenvalue weighted by atomic mass is 16.5. The summed E-state index contributed by atoms with van der Waals surface area (Å²) in [4.78, 5) is 12.0. The fraction of sp³-hybridized carbons (Fsp3) is 0.562. The highest BCUT2D eigenvalue weighted by molar-refractivity contribution is 5.78. The molecule has 0 aliphatic carbocycles. The number of carbonyl (C=O) groups is 1. The SMILES string of the molecule is CCC(CC)(CN)CNC(=O)Cc1ccc(OC)cc1. The lowest BCUT2D eigenvalue weighted by molar-refractivity contribution is -0.121. The van der Waals surface area contributed by atoms with Crippen LogP contribution in [-0.4, -0.2) is 26.1 Å². The van der Waals surface area contributed by atoms with Crippen LogP contribution in [0.3, 0.4) is 0 Å². The number of rotatable bonds is 8. The van der Waals surface area contributed by atoms with Gasteiger partial charge in [0.25, 0.3) is 0 Å². The van der Waals surface area contributed by atoms with Crippen LogP contribution < -0.4 is 15.8 Å². The van der Waals surface area contributed by atoms with Gasteiger partial charge in [0.1, 0.15) is 5.75 Å². The monoisotopic (exact) mass is 278 g/mol. The van der Waals surface area contributed by atoms with Gasteiger partial charge in [-0.1, -0.05) is 26.0 Å². The van der Waals surface area contributed by atoms with Gasteiger partial charge in [-0.2, -0.15) is 0 Å². The molecule has 0 aliphatic rings. The van der Waals surface area contributed by atoms with Crippen molar-refractivity contribution in [2.75, 3.05) is 20.2 Å². The summed E-state index contributed by atoms with van der Waals surface area (Å²) in [6, 6.07) is 7.55. The summed E-state index contributed by atoms with van der Waals surface area (Å²) in [5.41, 5.74) is 6.84. The molecule has 0 saturated heterocycles. The van der Waals surface area contributed by atoms with Crippen LogP contribution in [-0.2, 0) is 11.2 Å². The lowest BCUT2D eigenvalue weighted by Gasteiger charge is -2.30. The van der Waals surface area contributed by atoms with Crippen LogP contribution in [0.1, 0.15) is 32.3 Å². The van der Waals surface area contributed by atoms with E-state index < -0.39 is 0 Å². The predicted molar refractivity (Wildman–Crippen MR) is 81.8 cm³/mol. The lowest BCUT2D eigenvalue weighted by Crippen LogP contribution is -2.42. The summed E-state index contributed by atoms with van der Waals surface area (Å²) < 4.78 is 5.10. The molecule has 0 aliphatic heterocycles. The Morgan fingerprint density at radius 2 is 1.85 bits per heavy atom. The Balaban J connectivity index is 2.50. The van der Waals surface area contributed by atoms with E-state index in [1.54, 1.807) is 7.11 Å². The number of hydrogen-bond acceptors (Lipinski definition) is 3. The number of ether oxygens (including phenoxy) is 1. The number of methoxy groups -OCH3 is 1. The quantitative estimate of drug-likeness (QED) is 0.765. The smallest absolute Gasteiger partial charge is 0.224 e. The number of benzene rings is 1. The average Bonchev–Trinajstić information content (AvgIpc) is 2.50. The normalized spacial score (nSPS) is 11.2. The van der Waals surface area contributed by atoms with Crippen LogP contribution in [0.15, 0.2) is 24.3 Å². The maximum Gasteiger partial charge on any atom is 0.224 e. The molecule has 0 saturated carbocycles. The van der Waals surface area contributed by atoms with Crippen LogP contribution >= 0.6 is 0 Å². The number of nitrogens with one attached hydrogen (secondary N) is 1. The zero-order valence-electron chi connectivity index (χ0n) is 12.7. The van der Waals surface area contributed by atoms with Gasteiger partial charge in [-0.05, 0) is 42.5 Å². The molecular formula is C16H26N2O2. The van der Waals surface area contributed by atoms with E-state index in [2.05, 4.69) is 19.2 Å². The third kappa shape index (κ3) is 4.53. The first-order chi connectivity index (χ1) is 9.59. The van der Waals surface area contributed by atoms with Gasteiger partial charge in [-0.25, -0.2) is 0 Å². The number of nitrogens with two attached hydrogens (primary N) is 1. The van der Waals surface area contributed by atoms with Gasteiger partial charge < -0.3 is 15.8 Å². The molecule has 4 heteroatoms. The largest absolute Gasteiger partial charge is 0.497 e. The zero-order valence-corrected chi connectivity index (χ0v) is 12.7. The molecule has 0 unspecified atom stereocenters. The van der Waals surface area contributed by atoms with Gasteiger partial charge >= 0.3 is 0 Å². The van der Waals surface area contributed by atoms with Crippen LogP contribution in [0.4, 0.5) is 0 Å². The standard InChI is InChI=1S/C16H26N2O2/c1-4-16(5-2,11-17)12-18-15(19)10-13-6-8-14(20-3)9-7-13/h6-9H,4-5,10-12,17H2,1-3H3,(H,18,19). The molecule has 1 amide bonds. The molecule has 1 aromatic carbocycles. The van der Waals surface area contributed by atoms with E-state index in [0.717, 1.165) is 24.2 Å². The van der Waals surface area contributed by atoms with Crippen molar-refractivity contribution in [3.8, 4) is 5.75 Å². The van der Waals surface area contributed by atoms with Crippen LogP contribution in [0, 0.1) is 5.41 Å². The second-order valence-electron chi connectivity index (χ2n) is 5.21. The molecule has 0 spiro atoms. The van der Waals surface area contributed by atoms with E-state index in [1.807, 2.05) is 24.3 Å². The van der Waals surface area contributed by atoms with E-state index in [1.165, 1.54) is 0 Å². The number of hydrogen-bond donors (Lipinski definition) is 2. The molecule has 112 valence electrons. The summed E-state index contributed by atoms with van der Waals surface area (Å²) in [5, 5.41) is 3.00. The van der Waals surface area contributed by atoms with Crippen molar-refractivity contribution >= 4 is 5.91 Å². The maximum atomic E-state index is 12.0. The first-order valence-electron chi connectivity index (χ1n) is 7.19. The molecule has 20 heavy (non-hydrogen) atoms. The minimum Gasteiger partial charge on any atom is -0.497 e. The minimum absolute atomic E-state index is 0.0234. The van der Waals surface area contributed by atoms with Gasteiger partial charge in [0.15, 0.2) is 0 Å². The van der Waals surface area contributed by atoms with Crippen molar-refractivity contribution < 1.29 is 9.53 Å². The zero-order chi connectivity index (χ0) is 15.0. The average molecular weight is 278 g/mol. The first kappa shape index (κ1) is 16.5. The Labute approximate surface area is 121 Å². The summed E-state index contributed by atoms with van der Waals surface area (Å²) in [7, 11) is 1.63. The van der Waals surface area contributed by atoms with Crippen molar-refractivity contribution in [2.45, 2.75) is 33.1 Å². The molecule has 0 fully saturated rings. The van der Waals surface area contributed by atoms with Crippen LogP contribution in [0.5, 0.6) is 5.75 Å². The minimum atomic E-state index is 0.0234. The van der Waals surface area contributed by atoms with Gasteiger partial charge in [0.2, 0.25) is 5.91 Å². The number of amides is 1. The highest BCUT2D eigenvalue weighted by Crippen LogP contribution is 2.23. The van der Waals surface area contributed by atoms with Crippen molar-refractivity contribution in [3.63, 3.8) is 0 Å². The van der Waals surface area contributed by atoms with Crippen LogP contribution in [0.2, 0.25) is 0 Å². The topological polar surface area (TPSA) is 64.3 Å².